The summed E-state index contributed by atoms with van der Waals surface area (Å²) in [4.78, 5) is 14.2. The maximum absolute atomic E-state index is 12.3. The molecule has 0 saturated heterocycles. The second kappa shape index (κ2) is 5.17. The zero-order valence-corrected chi connectivity index (χ0v) is 11.1. The van der Waals surface area contributed by atoms with Gasteiger partial charge in [-0.15, -0.1) is 0 Å². The van der Waals surface area contributed by atoms with Crippen LogP contribution >= 0.6 is 0 Å². The molecule has 0 spiro atoms. The van der Waals surface area contributed by atoms with Crippen LogP contribution in [0.3, 0.4) is 0 Å². The summed E-state index contributed by atoms with van der Waals surface area (Å²) < 4.78 is 0. The van der Waals surface area contributed by atoms with Crippen molar-refractivity contribution < 1.29 is 4.79 Å². The number of amides is 1. The lowest BCUT2D eigenvalue weighted by molar-refractivity contribution is -0.142. The average Bonchev–Trinajstić information content (AvgIpc) is 2.28. The Balaban J connectivity index is 2.57. The van der Waals surface area contributed by atoms with Crippen LogP contribution in [0.5, 0.6) is 0 Å². The van der Waals surface area contributed by atoms with E-state index >= 15 is 0 Å². The Hall–Kier alpha value is -0.570. The molecule has 1 aliphatic rings. The van der Waals surface area contributed by atoms with Crippen LogP contribution < -0.4 is 5.73 Å². The minimum absolute atomic E-state index is 0.228. The largest absolute Gasteiger partial charge is 0.342 e. The average molecular weight is 226 g/mol. The monoisotopic (exact) mass is 226 g/mol. The van der Waals surface area contributed by atoms with E-state index in [1.165, 1.54) is 0 Å². The van der Waals surface area contributed by atoms with Gasteiger partial charge in [0, 0.05) is 24.5 Å². The van der Waals surface area contributed by atoms with Gasteiger partial charge in [-0.2, -0.15) is 0 Å². The molecule has 0 radical (unpaired) electrons. The van der Waals surface area contributed by atoms with E-state index in [-0.39, 0.29) is 11.3 Å². The summed E-state index contributed by atoms with van der Waals surface area (Å²) in [6.45, 7) is 6.13. The molecule has 0 aromatic carbocycles. The number of carbonyl (C=O) groups is 1. The standard InChI is InChI=1S/C13H26N2O/c1-5-13(2,3)12(16)15(4)11-8-6-10(14)7-9-11/h10-11H,5-9,14H2,1-4H3. The van der Waals surface area contributed by atoms with Crippen molar-refractivity contribution in [2.24, 2.45) is 11.1 Å². The van der Waals surface area contributed by atoms with E-state index in [1.54, 1.807) is 0 Å². The van der Waals surface area contributed by atoms with Gasteiger partial charge in [0.2, 0.25) is 5.91 Å². The van der Waals surface area contributed by atoms with Crippen LogP contribution in [0.25, 0.3) is 0 Å². The summed E-state index contributed by atoms with van der Waals surface area (Å²) in [5.74, 6) is 0.274. The van der Waals surface area contributed by atoms with Gasteiger partial charge >= 0.3 is 0 Å². The van der Waals surface area contributed by atoms with Gasteiger partial charge in [0.25, 0.3) is 0 Å². The van der Waals surface area contributed by atoms with E-state index in [2.05, 4.69) is 6.92 Å². The Labute approximate surface area is 99.4 Å². The molecule has 0 aromatic rings. The number of nitrogens with zero attached hydrogens (tertiary/aromatic N) is 1. The molecule has 0 aromatic heterocycles. The molecule has 94 valence electrons. The molecule has 1 aliphatic carbocycles. The lowest BCUT2D eigenvalue weighted by Crippen LogP contribution is -2.46. The maximum atomic E-state index is 12.3. The summed E-state index contributed by atoms with van der Waals surface area (Å²) in [5.41, 5.74) is 5.65. The molecule has 2 N–H and O–H groups in total. The molecule has 1 fully saturated rings. The normalized spacial score (nSPS) is 26.6. The molecule has 0 aliphatic heterocycles. The van der Waals surface area contributed by atoms with Crippen molar-refractivity contribution in [1.29, 1.82) is 0 Å². The van der Waals surface area contributed by atoms with E-state index in [0.717, 1.165) is 32.1 Å². The lowest BCUT2D eigenvalue weighted by atomic mass is 9.85. The highest BCUT2D eigenvalue weighted by Crippen LogP contribution is 2.27. The minimum Gasteiger partial charge on any atom is -0.342 e. The van der Waals surface area contributed by atoms with E-state index < -0.39 is 0 Å². The molecule has 0 bridgehead atoms. The highest BCUT2D eigenvalue weighted by Gasteiger charge is 2.33. The SMILES string of the molecule is CCC(C)(C)C(=O)N(C)C1CCC(N)CC1. The third-order valence-electron chi connectivity index (χ3n) is 4.07. The van der Waals surface area contributed by atoms with Gasteiger partial charge < -0.3 is 10.6 Å². The zero-order valence-electron chi connectivity index (χ0n) is 11.1. The molecule has 1 saturated carbocycles. The number of rotatable bonds is 3. The zero-order chi connectivity index (χ0) is 12.3. The smallest absolute Gasteiger partial charge is 0.228 e. The Morgan fingerprint density at radius 3 is 2.25 bits per heavy atom. The van der Waals surface area contributed by atoms with Gasteiger partial charge in [0.1, 0.15) is 0 Å². The molecule has 1 amide bonds. The van der Waals surface area contributed by atoms with E-state index in [9.17, 15) is 4.79 Å². The first kappa shape index (κ1) is 13.5. The number of hydrogen-bond acceptors (Lipinski definition) is 2. The molecule has 16 heavy (non-hydrogen) atoms. The highest BCUT2D eigenvalue weighted by molar-refractivity contribution is 5.81. The lowest BCUT2D eigenvalue weighted by Gasteiger charge is -2.37. The minimum atomic E-state index is -0.228. The first-order valence-corrected chi connectivity index (χ1v) is 6.41. The Kier molecular flexibility index (Phi) is 4.36. The molecule has 0 heterocycles. The number of carbonyl (C=O) groups excluding carboxylic acids is 1. The van der Waals surface area contributed by atoms with E-state index in [1.807, 2.05) is 25.8 Å². The van der Waals surface area contributed by atoms with Crippen molar-refractivity contribution in [2.75, 3.05) is 7.05 Å². The van der Waals surface area contributed by atoms with Crippen molar-refractivity contribution in [3.63, 3.8) is 0 Å². The summed E-state index contributed by atoms with van der Waals surface area (Å²) in [5, 5.41) is 0. The highest BCUT2D eigenvalue weighted by atomic mass is 16.2. The summed E-state index contributed by atoms with van der Waals surface area (Å²) in [6, 6.07) is 0.747. The van der Waals surface area contributed by atoms with Gasteiger partial charge in [-0.3, -0.25) is 4.79 Å². The van der Waals surface area contributed by atoms with E-state index in [0.29, 0.717) is 12.1 Å². The molecule has 0 unspecified atom stereocenters. The van der Waals surface area contributed by atoms with Crippen molar-refractivity contribution in [3.05, 3.63) is 0 Å². The van der Waals surface area contributed by atoms with Gasteiger partial charge in [-0.1, -0.05) is 20.8 Å². The Morgan fingerprint density at radius 1 is 1.31 bits per heavy atom. The second-order valence-corrected chi connectivity index (χ2v) is 5.72. The van der Waals surface area contributed by atoms with E-state index in [4.69, 9.17) is 5.73 Å². The van der Waals surface area contributed by atoms with Gasteiger partial charge in [-0.05, 0) is 32.1 Å². The van der Waals surface area contributed by atoms with Gasteiger partial charge in [0.05, 0.1) is 0 Å². The van der Waals surface area contributed by atoms with Crippen LogP contribution in [0.4, 0.5) is 0 Å². The van der Waals surface area contributed by atoms with Crippen molar-refractivity contribution in [1.82, 2.24) is 4.90 Å². The first-order chi connectivity index (χ1) is 7.38. The fraction of sp³-hybridized carbons (Fsp3) is 0.923. The summed E-state index contributed by atoms with van der Waals surface area (Å²) >= 11 is 0. The second-order valence-electron chi connectivity index (χ2n) is 5.72. The van der Waals surface area contributed by atoms with Crippen LogP contribution in [0.1, 0.15) is 52.9 Å². The predicted octanol–water partition coefficient (Wildman–Crippen LogP) is 2.15. The molecular formula is C13H26N2O. The van der Waals surface area contributed by atoms with Crippen LogP contribution in [0, 0.1) is 5.41 Å². The Morgan fingerprint density at radius 2 is 1.81 bits per heavy atom. The molecule has 0 atom stereocenters. The fourth-order valence-corrected chi connectivity index (χ4v) is 2.28. The molecule has 3 nitrogen and oxygen atoms in total. The fourth-order valence-electron chi connectivity index (χ4n) is 2.28. The number of hydrogen-bond donors (Lipinski definition) is 1. The van der Waals surface area contributed by atoms with Gasteiger partial charge in [-0.25, -0.2) is 0 Å². The molecular weight excluding hydrogens is 200 g/mol. The van der Waals surface area contributed by atoms with Crippen LogP contribution in [0.2, 0.25) is 0 Å². The quantitative estimate of drug-likeness (QED) is 0.801. The summed E-state index contributed by atoms with van der Waals surface area (Å²) in [6.07, 6.45) is 5.11. The van der Waals surface area contributed by atoms with Crippen LogP contribution in [-0.4, -0.2) is 29.9 Å². The molecule has 1 rings (SSSR count). The number of nitrogens with two attached hydrogens (primary N) is 1. The molecule has 3 heteroatoms. The maximum Gasteiger partial charge on any atom is 0.228 e. The van der Waals surface area contributed by atoms with Gasteiger partial charge in [0.15, 0.2) is 0 Å². The predicted molar refractivity (Wildman–Crippen MR) is 67.1 cm³/mol. The Bertz CT molecular complexity index is 242. The van der Waals surface area contributed by atoms with Crippen molar-refractivity contribution in [3.8, 4) is 0 Å². The third kappa shape index (κ3) is 2.97. The van der Waals surface area contributed by atoms with Crippen LogP contribution in [0.15, 0.2) is 0 Å². The van der Waals surface area contributed by atoms with Crippen molar-refractivity contribution >= 4 is 5.91 Å². The topological polar surface area (TPSA) is 46.3 Å². The first-order valence-electron chi connectivity index (χ1n) is 6.41. The summed E-state index contributed by atoms with van der Waals surface area (Å²) in [7, 11) is 1.95. The van der Waals surface area contributed by atoms with Crippen LogP contribution in [-0.2, 0) is 4.79 Å². The van der Waals surface area contributed by atoms with Crippen molar-refractivity contribution in [2.45, 2.75) is 65.0 Å². The third-order valence-corrected chi connectivity index (χ3v) is 4.07.